The number of hydrogen-bond donors (Lipinski definition) is 0. The highest BCUT2D eigenvalue weighted by atomic mass is 27.0. The molecule has 0 saturated heterocycles. The molecule has 3 heteroatoms. The fraction of sp³-hybridized carbons (Fsp3) is 0.100. The van der Waals surface area contributed by atoms with Crippen molar-refractivity contribution in [3.63, 3.8) is 0 Å². The van der Waals surface area contributed by atoms with E-state index in [-0.39, 0.29) is 29.9 Å². The van der Waals surface area contributed by atoms with Gasteiger partial charge in [0.25, 0.3) is 0 Å². The summed E-state index contributed by atoms with van der Waals surface area (Å²) < 4.78 is 4.82. The van der Waals surface area contributed by atoms with E-state index < -0.39 is 0 Å². The van der Waals surface area contributed by atoms with Gasteiger partial charge in [0, 0.05) is 0 Å². The number of carbonyl (C=O) groups excluding carboxylic acids is 1. The lowest BCUT2D eigenvalue weighted by Gasteiger charge is -1.99. The zero-order chi connectivity index (χ0) is 8.81. The molecule has 0 N–H and O–H groups in total. The second kappa shape index (κ2) is 6.48. The summed E-state index contributed by atoms with van der Waals surface area (Å²) in [5, 5.41) is 0. The van der Waals surface area contributed by atoms with E-state index in [0.717, 1.165) is 0 Å². The average Bonchev–Trinajstić information content (AvgIpc) is 2.15. The van der Waals surface area contributed by atoms with Gasteiger partial charge in [0.1, 0.15) is 6.61 Å². The summed E-state index contributed by atoms with van der Waals surface area (Å²) in [5.74, 6) is -0.310. The third kappa shape index (κ3) is 3.93. The molecule has 0 heterocycles. The van der Waals surface area contributed by atoms with Crippen LogP contribution in [0.5, 0.6) is 0 Å². The van der Waals surface area contributed by atoms with Crippen molar-refractivity contribution in [2.45, 2.75) is 0 Å². The molecule has 0 atom stereocenters. The van der Waals surface area contributed by atoms with Crippen LogP contribution in [0.25, 0.3) is 0 Å². The van der Waals surface area contributed by atoms with Crippen LogP contribution < -0.4 is 0 Å². The van der Waals surface area contributed by atoms with Gasteiger partial charge in [-0.1, -0.05) is 30.9 Å². The second-order valence-electron chi connectivity index (χ2n) is 2.25. The Hall–Kier alpha value is -1.04. The van der Waals surface area contributed by atoms with Crippen molar-refractivity contribution in [1.29, 1.82) is 0 Å². The van der Waals surface area contributed by atoms with E-state index in [4.69, 9.17) is 4.74 Å². The molecule has 0 unspecified atom stereocenters. The molecule has 0 aliphatic carbocycles. The second-order valence-corrected chi connectivity index (χ2v) is 2.25. The minimum Gasteiger partial charge on any atom is -0.458 e. The van der Waals surface area contributed by atoms with Crippen molar-refractivity contribution in [3.05, 3.63) is 48.6 Å². The van der Waals surface area contributed by atoms with Crippen molar-refractivity contribution in [3.8, 4) is 0 Å². The molecule has 0 aliphatic rings. The summed E-state index contributed by atoms with van der Waals surface area (Å²) in [6.45, 7) is 3.71. The predicted molar refractivity (Wildman–Crippen MR) is 56.9 cm³/mol. The van der Waals surface area contributed by atoms with Gasteiger partial charge in [0.05, 0.1) is 5.56 Å². The van der Waals surface area contributed by atoms with Crippen molar-refractivity contribution < 1.29 is 9.53 Å². The van der Waals surface area contributed by atoms with E-state index in [9.17, 15) is 4.79 Å². The summed E-state index contributed by atoms with van der Waals surface area (Å²) in [6.07, 6.45) is 1.54. The summed E-state index contributed by atoms with van der Waals surface area (Å²) >= 11 is 0. The molecule has 1 rings (SSSR count). The van der Waals surface area contributed by atoms with Crippen LogP contribution in [0.15, 0.2) is 43.0 Å². The topological polar surface area (TPSA) is 26.3 Å². The lowest BCUT2D eigenvalue weighted by Crippen LogP contribution is -2.04. The Bertz CT molecular complexity index is 270. The fourth-order valence-electron chi connectivity index (χ4n) is 0.792. The van der Waals surface area contributed by atoms with Crippen LogP contribution in [0, 0.1) is 0 Å². The zero-order valence-corrected chi connectivity index (χ0v) is 6.69. The molecule has 13 heavy (non-hydrogen) atoms. The van der Waals surface area contributed by atoms with E-state index in [1.54, 1.807) is 30.3 Å². The lowest BCUT2D eigenvalue weighted by atomic mass is 10.2. The van der Waals surface area contributed by atoms with Gasteiger partial charge in [-0.2, -0.15) is 0 Å². The van der Waals surface area contributed by atoms with Crippen molar-refractivity contribution in [2.75, 3.05) is 6.61 Å². The zero-order valence-electron chi connectivity index (χ0n) is 6.69. The average molecular weight is 192 g/mol. The van der Waals surface area contributed by atoms with E-state index in [2.05, 4.69) is 6.58 Å². The van der Waals surface area contributed by atoms with Gasteiger partial charge in [-0.05, 0) is 12.1 Å². The molecule has 0 fully saturated rings. The highest BCUT2D eigenvalue weighted by Gasteiger charge is 2.02. The monoisotopic (exact) mass is 192 g/mol. The van der Waals surface area contributed by atoms with Crippen LogP contribution in [-0.2, 0) is 4.74 Å². The maximum atomic E-state index is 11.1. The van der Waals surface area contributed by atoms with Gasteiger partial charge < -0.3 is 4.74 Å². The van der Waals surface area contributed by atoms with Gasteiger partial charge in [0.2, 0.25) is 0 Å². The Labute approximate surface area is 88.4 Å². The first-order chi connectivity index (χ1) is 5.84. The first kappa shape index (κ1) is 12.0. The number of esters is 1. The van der Waals surface area contributed by atoms with Crippen LogP contribution >= 0.6 is 0 Å². The van der Waals surface area contributed by atoms with Gasteiger partial charge in [-0.15, -0.1) is 0 Å². The first-order valence-corrected chi connectivity index (χ1v) is 3.67. The number of hydrogen-bond acceptors (Lipinski definition) is 2. The Morgan fingerprint density at radius 3 is 2.54 bits per heavy atom. The first-order valence-electron chi connectivity index (χ1n) is 3.67. The van der Waals surface area contributed by atoms with E-state index in [0.29, 0.717) is 5.56 Å². The Morgan fingerprint density at radius 1 is 1.38 bits per heavy atom. The Kier molecular flexibility index (Phi) is 5.96. The summed E-state index contributed by atoms with van der Waals surface area (Å²) in [7, 11) is 0. The number of carbonyl (C=O) groups is 1. The van der Waals surface area contributed by atoms with Crippen LogP contribution in [-0.4, -0.2) is 29.9 Å². The van der Waals surface area contributed by atoms with Gasteiger partial charge in [0.15, 0.2) is 17.4 Å². The van der Waals surface area contributed by atoms with Crippen LogP contribution in [0.1, 0.15) is 10.4 Å². The normalized spacial score (nSPS) is 8.31. The predicted octanol–water partition coefficient (Wildman–Crippen LogP) is 0.845. The fourth-order valence-corrected chi connectivity index (χ4v) is 0.792. The third-order valence-corrected chi connectivity index (χ3v) is 1.34. The highest BCUT2D eigenvalue weighted by Crippen LogP contribution is 2.00. The molecule has 0 saturated carbocycles. The minimum atomic E-state index is -0.310. The van der Waals surface area contributed by atoms with Gasteiger partial charge >= 0.3 is 5.97 Å². The molecular formula is C10H13AlO2. The quantitative estimate of drug-likeness (QED) is 0.403. The molecule has 68 valence electrons. The molecule has 0 aromatic heterocycles. The maximum Gasteiger partial charge on any atom is 0.338 e. The molecule has 2 nitrogen and oxygen atoms in total. The molecule has 0 spiro atoms. The van der Waals surface area contributed by atoms with Gasteiger partial charge in [-0.25, -0.2) is 4.79 Å². The molecular weight excluding hydrogens is 179 g/mol. The number of rotatable bonds is 3. The molecule has 1 aromatic carbocycles. The van der Waals surface area contributed by atoms with Crippen LogP contribution in [0.3, 0.4) is 0 Å². The van der Waals surface area contributed by atoms with E-state index in [1.165, 1.54) is 0 Å². The molecule has 1 aromatic rings. The van der Waals surface area contributed by atoms with Crippen molar-refractivity contribution in [2.24, 2.45) is 0 Å². The standard InChI is InChI=1S/C10H10O2.Al.3H/c1-2-8-12-10(11)9-6-4-3-5-7-9;;;;/h2-7H,1,8H2;;;;. The van der Waals surface area contributed by atoms with E-state index >= 15 is 0 Å². The summed E-state index contributed by atoms with van der Waals surface area (Å²) in [6, 6.07) is 8.87. The molecule has 0 amide bonds. The summed E-state index contributed by atoms with van der Waals surface area (Å²) in [5.41, 5.74) is 0.569. The maximum absolute atomic E-state index is 11.1. The molecule has 0 aliphatic heterocycles. The van der Waals surface area contributed by atoms with Crippen LogP contribution in [0.2, 0.25) is 0 Å². The Morgan fingerprint density at radius 2 is 2.00 bits per heavy atom. The van der Waals surface area contributed by atoms with Crippen LogP contribution in [0.4, 0.5) is 0 Å². The molecule has 0 bridgehead atoms. The molecule has 0 radical (unpaired) electrons. The minimum absolute atomic E-state index is 0. The largest absolute Gasteiger partial charge is 0.458 e. The lowest BCUT2D eigenvalue weighted by molar-refractivity contribution is 0.0550. The van der Waals surface area contributed by atoms with E-state index in [1.807, 2.05) is 6.07 Å². The third-order valence-electron chi connectivity index (χ3n) is 1.34. The number of benzene rings is 1. The SMILES string of the molecule is C=CCOC(=O)c1ccccc1.[AlH3]. The van der Waals surface area contributed by atoms with Crippen molar-refractivity contribution >= 4 is 23.3 Å². The highest BCUT2D eigenvalue weighted by molar-refractivity contribution is 5.89. The Balaban J connectivity index is 0.00000144. The summed E-state index contributed by atoms with van der Waals surface area (Å²) in [4.78, 5) is 11.1. The smallest absolute Gasteiger partial charge is 0.338 e. The van der Waals surface area contributed by atoms with Gasteiger partial charge in [-0.3, -0.25) is 0 Å². The van der Waals surface area contributed by atoms with Crippen molar-refractivity contribution in [1.82, 2.24) is 0 Å². The number of ether oxygens (including phenoxy) is 1.